The number of primary amides is 1. The van der Waals surface area contributed by atoms with Gasteiger partial charge in [0, 0.05) is 18.0 Å². The van der Waals surface area contributed by atoms with Crippen molar-refractivity contribution in [2.45, 2.75) is 25.8 Å². The van der Waals surface area contributed by atoms with Gasteiger partial charge in [-0.1, -0.05) is 11.6 Å². The lowest BCUT2D eigenvalue weighted by atomic mass is 9.93. The minimum absolute atomic E-state index is 0.0909. The molecule has 1 aliphatic rings. The number of amides is 2. The van der Waals surface area contributed by atoms with E-state index in [0.29, 0.717) is 16.4 Å². The Morgan fingerprint density at radius 3 is 2.86 bits per heavy atom. The number of halogens is 1. The maximum Gasteiger partial charge on any atom is 0.265 e. The smallest absolute Gasteiger partial charge is 0.265 e. The third-order valence-electron chi connectivity index (χ3n) is 4.00. The standard InChI is InChI=1S/C14H15ClN2O2S2/c1-7-2-3-8(12(16)18)6-17(7)13(19)11-10(15)9-4-5-20-14(9)21-11/h4-5,7-8H,2-3,6H2,1H3,(H2,16,18)/t7-,8+/m1/s1. The molecule has 7 heteroatoms. The molecule has 21 heavy (non-hydrogen) atoms. The molecule has 0 spiro atoms. The summed E-state index contributed by atoms with van der Waals surface area (Å²) in [6.45, 7) is 2.39. The van der Waals surface area contributed by atoms with Crippen molar-refractivity contribution in [1.82, 2.24) is 4.90 Å². The first-order valence-electron chi connectivity index (χ1n) is 6.74. The molecule has 1 fully saturated rings. The van der Waals surface area contributed by atoms with Gasteiger partial charge in [0.2, 0.25) is 5.91 Å². The van der Waals surface area contributed by atoms with Crippen molar-refractivity contribution < 1.29 is 9.59 Å². The quantitative estimate of drug-likeness (QED) is 0.909. The lowest BCUT2D eigenvalue weighted by Crippen LogP contribution is -2.48. The predicted molar refractivity (Wildman–Crippen MR) is 87.1 cm³/mol. The van der Waals surface area contributed by atoms with Crippen molar-refractivity contribution in [2.75, 3.05) is 6.54 Å². The van der Waals surface area contributed by atoms with Crippen LogP contribution in [0, 0.1) is 5.92 Å². The first kappa shape index (κ1) is 14.8. The molecule has 3 rings (SSSR count). The summed E-state index contributed by atoms with van der Waals surface area (Å²) in [6.07, 6.45) is 1.53. The van der Waals surface area contributed by atoms with Crippen LogP contribution in [-0.2, 0) is 4.79 Å². The molecule has 2 amide bonds. The van der Waals surface area contributed by atoms with Crippen LogP contribution >= 0.6 is 34.3 Å². The zero-order valence-corrected chi connectivity index (χ0v) is 13.9. The topological polar surface area (TPSA) is 63.4 Å². The van der Waals surface area contributed by atoms with Gasteiger partial charge >= 0.3 is 0 Å². The maximum absolute atomic E-state index is 12.8. The van der Waals surface area contributed by atoms with Crippen molar-refractivity contribution in [3.05, 3.63) is 21.3 Å². The molecule has 2 aromatic heterocycles. The zero-order chi connectivity index (χ0) is 15.1. The molecule has 0 aliphatic carbocycles. The van der Waals surface area contributed by atoms with Gasteiger partial charge in [0.05, 0.1) is 15.0 Å². The minimum atomic E-state index is -0.335. The normalized spacial score (nSPS) is 22.7. The highest BCUT2D eigenvalue weighted by molar-refractivity contribution is 7.38. The monoisotopic (exact) mass is 342 g/mol. The average molecular weight is 343 g/mol. The Hall–Kier alpha value is -1.11. The van der Waals surface area contributed by atoms with E-state index in [1.54, 1.807) is 16.2 Å². The van der Waals surface area contributed by atoms with E-state index in [2.05, 4.69) is 0 Å². The van der Waals surface area contributed by atoms with Crippen LogP contribution in [0.1, 0.15) is 29.4 Å². The number of nitrogens with two attached hydrogens (primary N) is 1. The van der Waals surface area contributed by atoms with Gasteiger partial charge in [0.1, 0.15) is 4.88 Å². The zero-order valence-electron chi connectivity index (χ0n) is 11.5. The Bertz CT molecular complexity index is 709. The van der Waals surface area contributed by atoms with Crippen LogP contribution in [0.4, 0.5) is 0 Å². The second-order valence-electron chi connectivity index (χ2n) is 5.35. The predicted octanol–water partition coefficient (Wildman–Crippen LogP) is 3.34. The second-order valence-corrected chi connectivity index (χ2v) is 7.92. The summed E-state index contributed by atoms with van der Waals surface area (Å²) < 4.78 is 1.06. The molecule has 1 saturated heterocycles. The highest BCUT2D eigenvalue weighted by Gasteiger charge is 2.33. The number of fused-ring (bicyclic) bond motifs is 1. The minimum Gasteiger partial charge on any atom is -0.369 e. The summed E-state index contributed by atoms with van der Waals surface area (Å²) in [6, 6.07) is 2.03. The van der Waals surface area contributed by atoms with Crippen LogP contribution in [0.2, 0.25) is 5.02 Å². The van der Waals surface area contributed by atoms with Gasteiger partial charge in [-0.15, -0.1) is 22.7 Å². The van der Waals surface area contributed by atoms with E-state index >= 15 is 0 Å². The number of hydrogen-bond donors (Lipinski definition) is 1. The third kappa shape index (κ3) is 2.56. The molecule has 112 valence electrons. The van der Waals surface area contributed by atoms with E-state index in [0.717, 1.165) is 22.2 Å². The molecule has 0 unspecified atom stereocenters. The summed E-state index contributed by atoms with van der Waals surface area (Å²) in [5.41, 5.74) is 5.39. The van der Waals surface area contributed by atoms with E-state index in [9.17, 15) is 9.59 Å². The Morgan fingerprint density at radius 2 is 2.19 bits per heavy atom. The molecule has 2 N–H and O–H groups in total. The van der Waals surface area contributed by atoms with Crippen LogP contribution in [0.3, 0.4) is 0 Å². The van der Waals surface area contributed by atoms with Gasteiger partial charge in [-0.2, -0.15) is 0 Å². The van der Waals surface area contributed by atoms with E-state index < -0.39 is 0 Å². The van der Waals surface area contributed by atoms with E-state index in [1.807, 2.05) is 18.4 Å². The van der Waals surface area contributed by atoms with Crippen molar-refractivity contribution in [3.8, 4) is 0 Å². The van der Waals surface area contributed by atoms with E-state index in [4.69, 9.17) is 17.3 Å². The molecule has 0 saturated carbocycles. The first-order valence-corrected chi connectivity index (χ1v) is 8.82. The highest BCUT2D eigenvalue weighted by Crippen LogP contribution is 2.40. The number of thiophene rings is 2. The molecule has 4 nitrogen and oxygen atoms in total. The number of carbonyl (C=O) groups is 2. The molecule has 1 aliphatic heterocycles. The van der Waals surface area contributed by atoms with Crippen LogP contribution in [0.25, 0.3) is 9.40 Å². The van der Waals surface area contributed by atoms with Crippen LogP contribution in [0.5, 0.6) is 0 Å². The van der Waals surface area contributed by atoms with E-state index in [1.165, 1.54) is 11.3 Å². The van der Waals surface area contributed by atoms with Gasteiger partial charge in [-0.3, -0.25) is 9.59 Å². The summed E-state index contributed by atoms with van der Waals surface area (Å²) in [5.74, 6) is -0.685. The number of hydrogen-bond acceptors (Lipinski definition) is 4. The molecule has 0 aromatic carbocycles. The van der Waals surface area contributed by atoms with Crippen molar-refractivity contribution in [1.29, 1.82) is 0 Å². The highest BCUT2D eigenvalue weighted by atomic mass is 35.5. The fourth-order valence-electron chi connectivity index (χ4n) is 2.69. The van der Waals surface area contributed by atoms with Crippen molar-refractivity contribution in [2.24, 2.45) is 11.7 Å². The largest absolute Gasteiger partial charge is 0.369 e. The fourth-order valence-corrected chi connectivity index (χ4v) is 5.26. The second kappa shape index (κ2) is 5.59. The third-order valence-corrected chi connectivity index (χ3v) is 6.74. The molecule has 3 heterocycles. The van der Waals surface area contributed by atoms with Gasteiger partial charge in [0.25, 0.3) is 5.91 Å². The van der Waals surface area contributed by atoms with Crippen molar-refractivity contribution in [3.63, 3.8) is 0 Å². The Kier molecular flexibility index (Phi) is 3.94. The lowest BCUT2D eigenvalue weighted by Gasteiger charge is -2.36. The van der Waals surface area contributed by atoms with Gasteiger partial charge in [-0.25, -0.2) is 0 Å². The molecule has 0 bridgehead atoms. The Balaban J connectivity index is 1.90. The van der Waals surface area contributed by atoms with Gasteiger partial charge in [0.15, 0.2) is 0 Å². The summed E-state index contributed by atoms with van der Waals surface area (Å²) in [4.78, 5) is 26.5. The number of likely N-dealkylation sites (tertiary alicyclic amines) is 1. The molecule has 2 atom stereocenters. The Labute approximate surface area is 135 Å². The molecule has 2 aromatic rings. The SMILES string of the molecule is C[C@@H]1CC[C@H](C(N)=O)CN1C(=O)c1sc2sccc2c1Cl. The lowest BCUT2D eigenvalue weighted by molar-refractivity contribution is -0.123. The van der Waals surface area contributed by atoms with Crippen LogP contribution < -0.4 is 5.73 Å². The maximum atomic E-state index is 12.8. The molecular formula is C14H15ClN2O2S2. The van der Waals surface area contributed by atoms with Crippen molar-refractivity contribution >= 4 is 55.5 Å². The van der Waals surface area contributed by atoms with Crippen LogP contribution in [-0.4, -0.2) is 29.3 Å². The van der Waals surface area contributed by atoms with Crippen LogP contribution in [0.15, 0.2) is 11.4 Å². The molecule has 0 radical (unpaired) electrons. The summed E-state index contributed by atoms with van der Waals surface area (Å²) in [5, 5.41) is 3.43. The fraction of sp³-hybridized carbons (Fsp3) is 0.429. The number of carbonyl (C=O) groups excluding carboxylic acids is 2. The molecular weight excluding hydrogens is 328 g/mol. The average Bonchev–Trinajstić information content (AvgIpc) is 3.02. The van der Waals surface area contributed by atoms with Gasteiger partial charge in [-0.05, 0) is 31.2 Å². The van der Waals surface area contributed by atoms with E-state index in [-0.39, 0.29) is 23.8 Å². The number of nitrogens with zero attached hydrogens (tertiary/aromatic N) is 1. The Morgan fingerprint density at radius 1 is 1.43 bits per heavy atom. The summed E-state index contributed by atoms with van der Waals surface area (Å²) in [7, 11) is 0. The van der Waals surface area contributed by atoms with Gasteiger partial charge < -0.3 is 10.6 Å². The number of rotatable bonds is 2. The first-order chi connectivity index (χ1) is 9.99. The summed E-state index contributed by atoms with van der Waals surface area (Å²) >= 11 is 9.34. The number of piperidine rings is 1.